The van der Waals surface area contributed by atoms with Crippen molar-refractivity contribution < 1.29 is 38.6 Å². The molecular weight excluding hydrogens is 706 g/mol. The number of aliphatic hydroxyl groups is 1. The zero-order valence-electron chi connectivity index (χ0n) is 31.5. The van der Waals surface area contributed by atoms with Gasteiger partial charge in [-0.2, -0.15) is 0 Å². The number of benzene rings is 2. The van der Waals surface area contributed by atoms with E-state index in [1.807, 2.05) is 38.1 Å². The molecule has 3 aliphatic heterocycles. The fourth-order valence-electron chi connectivity index (χ4n) is 7.52. The number of ether oxygens (including phenoxy) is 1. The van der Waals surface area contributed by atoms with Crippen LogP contribution < -0.4 is 31.3 Å². The quantitative estimate of drug-likeness (QED) is 0.194. The van der Waals surface area contributed by atoms with Crippen LogP contribution in [-0.2, 0) is 36.8 Å². The van der Waals surface area contributed by atoms with E-state index in [4.69, 9.17) is 4.74 Å². The Bertz CT molecular complexity index is 1930. The Balaban J connectivity index is 1.27. The number of aliphatic hydroxyl groups excluding tert-OH is 1. The second kappa shape index (κ2) is 17.4. The van der Waals surface area contributed by atoms with Gasteiger partial charge in [0.15, 0.2) is 0 Å². The lowest BCUT2D eigenvalue weighted by Gasteiger charge is -2.30. The third kappa shape index (κ3) is 9.45. The van der Waals surface area contributed by atoms with Gasteiger partial charge in [-0.25, -0.2) is 0 Å². The number of fused-ring (bicyclic) bond motifs is 3. The number of H-pyrrole nitrogens is 1. The summed E-state index contributed by atoms with van der Waals surface area (Å²) in [6.45, 7) is 5.99. The van der Waals surface area contributed by atoms with E-state index in [-0.39, 0.29) is 44.7 Å². The first kappa shape index (κ1) is 39.3. The molecule has 294 valence electrons. The molecule has 15 nitrogen and oxygen atoms in total. The molecule has 6 amide bonds. The Labute approximate surface area is 319 Å². The molecule has 0 unspecified atom stereocenters. The molecular formula is C40H51N7O8. The van der Waals surface area contributed by atoms with E-state index >= 15 is 0 Å². The highest BCUT2D eigenvalue weighted by atomic mass is 16.5. The predicted octanol–water partition coefficient (Wildman–Crippen LogP) is 1.23. The van der Waals surface area contributed by atoms with Gasteiger partial charge in [-0.15, -0.1) is 0 Å². The van der Waals surface area contributed by atoms with Gasteiger partial charge >= 0.3 is 0 Å². The minimum Gasteiger partial charge on any atom is -0.493 e. The third-order valence-electron chi connectivity index (χ3n) is 10.5. The van der Waals surface area contributed by atoms with Crippen LogP contribution in [-0.4, -0.2) is 106 Å². The summed E-state index contributed by atoms with van der Waals surface area (Å²) >= 11 is 0. The highest BCUT2D eigenvalue weighted by Gasteiger charge is 2.42. The average molecular weight is 758 g/mol. The summed E-state index contributed by atoms with van der Waals surface area (Å²) in [7, 11) is 0. The largest absolute Gasteiger partial charge is 0.493 e. The zero-order valence-corrected chi connectivity index (χ0v) is 31.5. The molecule has 55 heavy (non-hydrogen) atoms. The molecule has 7 N–H and O–H groups in total. The van der Waals surface area contributed by atoms with E-state index < -0.39 is 71.8 Å². The summed E-state index contributed by atoms with van der Waals surface area (Å²) in [6.07, 6.45) is 2.92. The van der Waals surface area contributed by atoms with Crippen LogP contribution in [0.4, 0.5) is 0 Å². The van der Waals surface area contributed by atoms with Crippen LogP contribution in [0.5, 0.6) is 5.75 Å². The second-order valence-corrected chi connectivity index (χ2v) is 15.2. The lowest BCUT2D eigenvalue weighted by Crippen LogP contribution is -2.59. The molecule has 3 aliphatic rings. The smallest absolute Gasteiger partial charge is 0.251 e. The average Bonchev–Trinajstić information content (AvgIpc) is 3.90. The maximum absolute atomic E-state index is 14.2. The predicted molar refractivity (Wildman–Crippen MR) is 203 cm³/mol. The molecule has 2 aromatic carbocycles. The van der Waals surface area contributed by atoms with Crippen molar-refractivity contribution >= 4 is 46.3 Å². The molecule has 3 aromatic rings. The Morgan fingerprint density at radius 3 is 2.55 bits per heavy atom. The normalized spacial score (nSPS) is 25.8. The molecule has 2 saturated heterocycles. The van der Waals surface area contributed by atoms with Crippen molar-refractivity contribution in [2.75, 3.05) is 19.7 Å². The SMILES string of the molecule is CC(C)C[C@H]1NC(=O)[C@H](Cc2c[nH]c3ccccc23)NC(=O)[C@@H](C)NC(=O)[C@@H](NC(=O)c2ccc3c(c2)CCO3)CCCCNC(=O)[C@@H]2C[C@@H](O)CN2C1=O. The van der Waals surface area contributed by atoms with Crippen LogP contribution in [0.2, 0.25) is 0 Å². The van der Waals surface area contributed by atoms with Gasteiger partial charge in [0.05, 0.1) is 12.7 Å². The number of carbonyl (C=O) groups is 6. The van der Waals surface area contributed by atoms with Crippen molar-refractivity contribution in [3.05, 3.63) is 65.4 Å². The van der Waals surface area contributed by atoms with Gasteiger partial charge in [-0.05, 0) is 73.9 Å². The number of rotatable bonds is 6. The first-order valence-electron chi connectivity index (χ1n) is 19.2. The number of nitrogens with zero attached hydrogens (tertiary/aromatic N) is 1. The molecule has 0 radical (unpaired) electrons. The van der Waals surface area contributed by atoms with Gasteiger partial charge in [0.25, 0.3) is 5.91 Å². The van der Waals surface area contributed by atoms with Crippen LogP contribution >= 0.6 is 0 Å². The fourth-order valence-corrected chi connectivity index (χ4v) is 7.52. The second-order valence-electron chi connectivity index (χ2n) is 15.2. The molecule has 0 spiro atoms. The van der Waals surface area contributed by atoms with Gasteiger partial charge in [0.2, 0.25) is 29.5 Å². The molecule has 6 atom stereocenters. The molecule has 1 aromatic heterocycles. The Morgan fingerprint density at radius 1 is 0.964 bits per heavy atom. The minimum atomic E-state index is -1.17. The maximum Gasteiger partial charge on any atom is 0.251 e. The van der Waals surface area contributed by atoms with E-state index in [0.29, 0.717) is 31.4 Å². The zero-order chi connectivity index (χ0) is 39.2. The monoisotopic (exact) mass is 757 g/mol. The lowest BCUT2D eigenvalue weighted by atomic mass is 10.00. The van der Waals surface area contributed by atoms with E-state index in [0.717, 1.165) is 27.8 Å². The van der Waals surface area contributed by atoms with Gasteiger partial charge in [-0.1, -0.05) is 32.0 Å². The molecule has 0 aliphatic carbocycles. The molecule has 6 rings (SSSR count). The Kier molecular flexibility index (Phi) is 12.4. The maximum atomic E-state index is 14.2. The fraction of sp³-hybridized carbons (Fsp3) is 0.500. The van der Waals surface area contributed by atoms with Crippen LogP contribution in [0.25, 0.3) is 10.9 Å². The van der Waals surface area contributed by atoms with Crippen molar-refractivity contribution in [3.63, 3.8) is 0 Å². The van der Waals surface area contributed by atoms with Crippen molar-refractivity contribution in [2.24, 2.45) is 5.92 Å². The first-order valence-corrected chi connectivity index (χ1v) is 19.2. The molecule has 2 fully saturated rings. The summed E-state index contributed by atoms with van der Waals surface area (Å²) in [5, 5.41) is 25.5. The summed E-state index contributed by atoms with van der Waals surface area (Å²) in [5.41, 5.74) is 2.85. The number of amides is 6. The van der Waals surface area contributed by atoms with E-state index in [1.54, 1.807) is 24.4 Å². The van der Waals surface area contributed by atoms with Crippen LogP contribution in [0.1, 0.15) is 74.4 Å². The van der Waals surface area contributed by atoms with Crippen molar-refractivity contribution in [2.45, 2.75) is 102 Å². The van der Waals surface area contributed by atoms with Crippen LogP contribution in [0.15, 0.2) is 48.7 Å². The summed E-state index contributed by atoms with van der Waals surface area (Å²) in [4.78, 5) is 87.2. The number of hydrogen-bond acceptors (Lipinski definition) is 8. The first-order chi connectivity index (χ1) is 26.4. The molecule has 0 bridgehead atoms. The van der Waals surface area contributed by atoms with Crippen molar-refractivity contribution in [1.29, 1.82) is 0 Å². The van der Waals surface area contributed by atoms with Crippen LogP contribution in [0, 0.1) is 5.92 Å². The highest BCUT2D eigenvalue weighted by molar-refractivity contribution is 5.99. The number of aromatic nitrogens is 1. The van der Waals surface area contributed by atoms with E-state index in [2.05, 4.69) is 31.6 Å². The van der Waals surface area contributed by atoms with Crippen LogP contribution in [0.3, 0.4) is 0 Å². The molecule has 15 heteroatoms. The van der Waals surface area contributed by atoms with E-state index in [9.17, 15) is 33.9 Å². The van der Waals surface area contributed by atoms with Crippen molar-refractivity contribution in [1.82, 2.24) is 36.5 Å². The van der Waals surface area contributed by atoms with Gasteiger partial charge in [-0.3, -0.25) is 28.8 Å². The highest BCUT2D eigenvalue weighted by Crippen LogP contribution is 2.26. The number of carbonyl (C=O) groups excluding carboxylic acids is 6. The van der Waals surface area contributed by atoms with Crippen molar-refractivity contribution in [3.8, 4) is 5.75 Å². The number of nitrogens with one attached hydrogen (secondary N) is 6. The topological polar surface area (TPSA) is 211 Å². The van der Waals surface area contributed by atoms with Gasteiger partial charge in [0, 0.05) is 55.0 Å². The number of para-hydroxylation sites is 1. The summed E-state index contributed by atoms with van der Waals surface area (Å²) in [5.74, 6) is -2.55. The number of aromatic amines is 1. The third-order valence-corrected chi connectivity index (χ3v) is 10.5. The lowest BCUT2D eigenvalue weighted by molar-refractivity contribution is -0.142. The number of hydrogen-bond donors (Lipinski definition) is 7. The summed E-state index contributed by atoms with van der Waals surface area (Å²) in [6, 6.07) is 7.33. The standard InChI is InChI=1S/C40H51N7O8/c1-22(2)16-32-40(54)47-21-27(48)19-33(47)39(53)41-14-7-6-10-30(44-36(50)25-11-12-34-24(17-25)13-15-55-34)37(51)43-23(3)35(49)45-31(38(52)46-32)18-26-20-42-29-9-5-4-8-28(26)29/h4-5,8-9,11-12,17,20,22-23,27,30-33,42,48H,6-7,10,13-16,18-19,21H2,1-3H3,(H,41,53)(H,43,51)(H,44,50)(H,45,49)(H,46,52)/t23-,27-,30+,31+,32-,33+/m1/s1. The molecule has 0 saturated carbocycles. The summed E-state index contributed by atoms with van der Waals surface area (Å²) < 4.78 is 5.56. The van der Waals surface area contributed by atoms with E-state index in [1.165, 1.54) is 11.8 Å². The van der Waals surface area contributed by atoms with Gasteiger partial charge < -0.3 is 46.3 Å². The minimum absolute atomic E-state index is 0.0299. The Hall–Kier alpha value is -5.44. The van der Waals surface area contributed by atoms with Gasteiger partial charge in [0.1, 0.15) is 36.0 Å². The molecule has 4 heterocycles. The Morgan fingerprint density at radius 2 is 1.75 bits per heavy atom.